The Kier molecular flexibility index (Phi) is 3.33. The largest absolute Gasteiger partial charge is 0.491 e. The van der Waals surface area contributed by atoms with Crippen molar-refractivity contribution in [1.29, 1.82) is 0 Å². The van der Waals surface area contributed by atoms with Gasteiger partial charge in [0.1, 0.15) is 18.2 Å². The molecule has 0 unspecified atom stereocenters. The van der Waals surface area contributed by atoms with E-state index < -0.39 is 0 Å². The average Bonchev–Trinajstić information content (AvgIpc) is 2.69. The van der Waals surface area contributed by atoms with Gasteiger partial charge in [0.2, 0.25) is 0 Å². The number of pyridine rings is 1. The van der Waals surface area contributed by atoms with E-state index in [-0.39, 0.29) is 0 Å². The van der Waals surface area contributed by atoms with Crippen molar-refractivity contribution in [2.75, 3.05) is 18.1 Å². The van der Waals surface area contributed by atoms with Crippen LogP contribution in [0.2, 0.25) is 0 Å². The number of benzene rings is 1. The summed E-state index contributed by atoms with van der Waals surface area (Å²) in [6, 6.07) is 12.1. The van der Waals surface area contributed by atoms with Crippen LogP contribution in [0.3, 0.4) is 0 Å². The standard InChI is InChI=1S/C15H17N3O/c16-10-12-5-3-7-17-15(12)18-8-9-19-14-6-2-1-4-13(14)11-18/h1-7H,8-11,16H2. The molecule has 0 saturated carbocycles. The Labute approximate surface area is 112 Å². The molecule has 0 saturated heterocycles. The third kappa shape index (κ3) is 2.39. The number of ether oxygens (including phenoxy) is 1. The molecule has 0 amide bonds. The van der Waals surface area contributed by atoms with E-state index in [9.17, 15) is 0 Å². The van der Waals surface area contributed by atoms with E-state index >= 15 is 0 Å². The summed E-state index contributed by atoms with van der Waals surface area (Å²) in [5.74, 6) is 1.93. The van der Waals surface area contributed by atoms with Crippen molar-refractivity contribution < 1.29 is 4.74 Å². The van der Waals surface area contributed by atoms with E-state index in [2.05, 4.69) is 16.0 Å². The molecule has 0 aliphatic carbocycles. The van der Waals surface area contributed by atoms with Gasteiger partial charge in [-0.1, -0.05) is 24.3 Å². The zero-order chi connectivity index (χ0) is 13.1. The number of nitrogens with two attached hydrogens (primary N) is 1. The first-order valence-corrected chi connectivity index (χ1v) is 6.48. The van der Waals surface area contributed by atoms with E-state index in [1.54, 1.807) is 0 Å². The number of fused-ring (bicyclic) bond motifs is 1. The second kappa shape index (κ2) is 5.28. The Hall–Kier alpha value is -2.07. The molecule has 0 bridgehead atoms. The maximum atomic E-state index is 5.79. The fourth-order valence-corrected chi connectivity index (χ4v) is 2.38. The molecular formula is C15H17N3O. The normalized spacial score (nSPS) is 14.5. The van der Waals surface area contributed by atoms with E-state index in [0.29, 0.717) is 13.2 Å². The number of hydrogen-bond donors (Lipinski definition) is 1. The summed E-state index contributed by atoms with van der Waals surface area (Å²) in [6.45, 7) is 2.79. The number of hydrogen-bond acceptors (Lipinski definition) is 4. The van der Waals surface area contributed by atoms with Crippen molar-refractivity contribution >= 4 is 5.82 Å². The number of aromatic nitrogens is 1. The molecule has 0 radical (unpaired) electrons. The molecule has 0 spiro atoms. The highest BCUT2D eigenvalue weighted by molar-refractivity contribution is 5.49. The maximum Gasteiger partial charge on any atom is 0.133 e. The lowest BCUT2D eigenvalue weighted by molar-refractivity contribution is 0.331. The summed E-state index contributed by atoms with van der Waals surface area (Å²) in [5, 5.41) is 0. The van der Waals surface area contributed by atoms with Crippen LogP contribution in [0.15, 0.2) is 42.6 Å². The Balaban J connectivity index is 1.94. The molecule has 0 fully saturated rings. The lowest BCUT2D eigenvalue weighted by Crippen LogP contribution is -2.27. The Bertz CT molecular complexity index is 571. The number of nitrogens with zero attached hydrogens (tertiary/aromatic N) is 2. The summed E-state index contributed by atoms with van der Waals surface area (Å²) in [5.41, 5.74) is 8.05. The summed E-state index contributed by atoms with van der Waals surface area (Å²) in [7, 11) is 0. The molecule has 1 aliphatic rings. The van der Waals surface area contributed by atoms with Crippen LogP contribution in [0.4, 0.5) is 5.82 Å². The molecule has 2 aromatic rings. The van der Waals surface area contributed by atoms with Crippen molar-refractivity contribution in [3.63, 3.8) is 0 Å². The highest BCUT2D eigenvalue weighted by Crippen LogP contribution is 2.26. The molecule has 3 rings (SSSR count). The van der Waals surface area contributed by atoms with Crippen LogP contribution in [0.1, 0.15) is 11.1 Å². The Morgan fingerprint density at radius 2 is 2.11 bits per heavy atom. The predicted molar refractivity (Wildman–Crippen MR) is 75.1 cm³/mol. The van der Waals surface area contributed by atoms with Gasteiger partial charge in [-0.2, -0.15) is 0 Å². The first-order valence-electron chi connectivity index (χ1n) is 6.48. The zero-order valence-electron chi connectivity index (χ0n) is 10.7. The van der Waals surface area contributed by atoms with Crippen LogP contribution in [0.25, 0.3) is 0 Å². The lowest BCUT2D eigenvalue weighted by atomic mass is 10.1. The molecule has 4 nitrogen and oxygen atoms in total. The summed E-state index contributed by atoms with van der Waals surface area (Å²) < 4.78 is 5.77. The van der Waals surface area contributed by atoms with Crippen LogP contribution in [-0.4, -0.2) is 18.1 Å². The van der Waals surface area contributed by atoms with Gasteiger partial charge in [0, 0.05) is 30.4 Å². The minimum absolute atomic E-state index is 0.502. The summed E-state index contributed by atoms with van der Waals surface area (Å²) in [6.07, 6.45) is 1.81. The molecule has 19 heavy (non-hydrogen) atoms. The molecule has 2 N–H and O–H groups in total. The van der Waals surface area contributed by atoms with Gasteiger partial charge in [0.15, 0.2) is 0 Å². The molecule has 4 heteroatoms. The highest BCUT2D eigenvalue weighted by Gasteiger charge is 2.17. The quantitative estimate of drug-likeness (QED) is 0.891. The fraction of sp³-hybridized carbons (Fsp3) is 0.267. The second-order valence-corrected chi connectivity index (χ2v) is 4.57. The van der Waals surface area contributed by atoms with Gasteiger partial charge in [0.05, 0.1) is 6.54 Å². The third-order valence-corrected chi connectivity index (χ3v) is 3.34. The average molecular weight is 255 g/mol. The van der Waals surface area contributed by atoms with Crippen LogP contribution >= 0.6 is 0 Å². The molecule has 98 valence electrons. The lowest BCUT2D eigenvalue weighted by Gasteiger charge is -2.23. The summed E-state index contributed by atoms with van der Waals surface area (Å²) >= 11 is 0. The van der Waals surface area contributed by atoms with Crippen molar-refractivity contribution in [2.45, 2.75) is 13.1 Å². The summed E-state index contributed by atoms with van der Waals surface area (Å²) in [4.78, 5) is 6.71. The first kappa shape index (κ1) is 12.0. The molecule has 1 aliphatic heterocycles. The first-order chi connectivity index (χ1) is 9.38. The molecular weight excluding hydrogens is 238 g/mol. The van der Waals surface area contributed by atoms with E-state index in [1.807, 2.05) is 36.5 Å². The van der Waals surface area contributed by atoms with Gasteiger partial charge in [-0.3, -0.25) is 0 Å². The third-order valence-electron chi connectivity index (χ3n) is 3.34. The van der Waals surface area contributed by atoms with Crippen molar-refractivity contribution in [3.8, 4) is 5.75 Å². The maximum absolute atomic E-state index is 5.79. The van der Waals surface area contributed by atoms with Crippen LogP contribution < -0.4 is 15.4 Å². The molecule has 1 aromatic carbocycles. The zero-order valence-corrected chi connectivity index (χ0v) is 10.7. The van der Waals surface area contributed by atoms with Crippen molar-refractivity contribution in [3.05, 3.63) is 53.7 Å². The van der Waals surface area contributed by atoms with Gasteiger partial charge in [0.25, 0.3) is 0 Å². The van der Waals surface area contributed by atoms with Gasteiger partial charge >= 0.3 is 0 Å². The van der Waals surface area contributed by atoms with Crippen LogP contribution in [-0.2, 0) is 13.1 Å². The number of rotatable bonds is 2. The Morgan fingerprint density at radius 1 is 1.21 bits per heavy atom. The van der Waals surface area contributed by atoms with E-state index in [0.717, 1.165) is 30.2 Å². The monoisotopic (exact) mass is 255 g/mol. The Morgan fingerprint density at radius 3 is 3.00 bits per heavy atom. The van der Waals surface area contributed by atoms with Crippen molar-refractivity contribution in [1.82, 2.24) is 4.98 Å². The number of anilines is 1. The van der Waals surface area contributed by atoms with Gasteiger partial charge in [-0.15, -0.1) is 0 Å². The van der Waals surface area contributed by atoms with Gasteiger partial charge in [-0.25, -0.2) is 4.98 Å². The van der Waals surface area contributed by atoms with Gasteiger partial charge in [-0.05, 0) is 12.1 Å². The SMILES string of the molecule is NCc1cccnc1N1CCOc2ccccc2C1. The number of para-hydroxylation sites is 1. The fourth-order valence-electron chi connectivity index (χ4n) is 2.38. The van der Waals surface area contributed by atoms with Crippen molar-refractivity contribution in [2.24, 2.45) is 5.73 Å². The van der Waals surface area contributed by atoms with Gasteiger partial charge < -0.3 is 15.4 Å². The van der Waals surface area contributed by atoms with E-state index in [1.165, 1.54) is 5.56 Å². The molecule has 2 heterocycles. The van der Waals surface area contributed by atoms with Crippen LogP contribution in [0, 0.1) is 0 Å². The topological polar surface area (TPSA) is 51.4 Å². The minimum Gasteiger partial charge on any atom is -0.491 e. The second-order valence-electron chi connectivity index (χ2n) is 4.57. The smallest absolute Gasteiger partial charge is 0.133 e. The van der Waals surface area contributed by atoms with E-state index in [4.69, 9.17) is 10.5 Å². The van der Waals surface area contributed by atoms with Crippen LogP contribution in [0.5, 0.6) is 5.75 Å². The minimum atomic E-state index is 0.502. The molecule has 0 atom stereocenters. The molecule has 1 aromatic heterocycles. The highest BCUT2D eigenvalue weighted by atomic mass is 16.5. The predicted octanol–water partition coefficient (Wildman–Crippen LogP) is 1.94.